The van der Waals surface area contributed by atoms with Crippen LogP contribution in [0.25, 0.3) is 49.4 Å². The highest BCUT2D eigenvalue weighted by molar-refractivity contribution is 6.99. The first-order valence-electron chi connectivity index (χ1n) is 19.5. The highest BCUT2D eigenvalue weighted by Gasteiger charge is 2.42. The third-order valence-electron chi connectivity index (χ3n) is 11.7. The molecule has 0 fully saturated rings. The number of fused-ring (bicyclic) bond motifs is 9. The fraction of sp³-hybridized carbons (Fsp3) is 0. The summed E-state index contributed by atoms with van der Waals surface area (Å²) in [6.45, 7) is -0.0818. The molecule has 266 valence electrons. The Morgan fingerprint density at radius 1 is 0.421 bits per heavy atom. The van der Waals surface area contributed by atoms with Crippen LogP contribution in [0.2, 0.25) is 0 Å². The van der Waals surface area contributed by atoms with Gasteiger partial charge in [0.1, 0.15) is 23.0 Å². The van der Waals surface area contributed by atoms with Gasteiger partial charge in [-0.2, -0.15) is 0 Å². The van der Waals surface area contributed by atoms with Gasteiger partial charge in [-0.1, -0.05) is 133 Å². The van der Waals surface area contributed by atoms with Crippen molar-refractivity contribution in [2.24, 2.45) is 0 Å². The van der Waals surface area contributed by atoms with Crippen molar-refractivity contribution in [3.05, 3.63) is 200 Å². The Morgan fingerprint density at radius 3 is 1.89 bits per heavy atom. The first-order chi connectivity index (χ1) is 28.3. The third kappa shape index (κ3) is 4.89. The van der Waals surface area contributed by atoms with Crippen LogP contribution in [-0.2, 0) is 0 Å². The first kappa shape index (κ1) is 31.8. The van der Waals surface area contributed by atoms with Gasteiger partial charge >= 0.3 is 0 Å². The molecule has 2 aliphatic heterocycles. The topological polar surface area (TPSA) is 26.6 Å². The quantitative estimate of drug-likeness (QED) is 0.165. The molecule has 0 bridgehead atoms. The molecule has 2 aliphatic rings. The number of ether oxygens (including phenoxy) is 2. The van der Waals surface area contributed by atoms with Crippen LogP contribution in [0.4, 0.5) is 17.1 Å². The second-order valence-corrected chi connectivity index (χ2v) is 14.8. The lowest BCUT2D eigenvalue weighted by atomic mass is 9.34. The molecule has 5 heteroatoms. The molecule has 0 saturated heterocycles. The van der Waals surface area contributed by atoms with Crippen LogP contribution in [0, 0.1) is 0 Å². The van der Waals surface area contributed by atoms with E-state index < -0.39 is 0 Å². The van der Waals surface area contributed by atoms with E-state index in [0.29, 0.717) is 0 Å². The number of benzene rings is 9. The lowest BCUT2D eigenvalue weighted by Crippen LogP contribution is -2.57. The Bertz CT molecular complexity index is 3200. The van der Waals surface area contributed by atoms with E-state index in [0.717, 1.165) is 73.3 Å². The molecule has 1 aromatic heterocycles. The second-order valence-electron chi connectivity index (χ2n) is 14.8. The summed E-state index contributed by atoms with van der Waals surface area (Å²) >= 11 is 0. The number of anilines is 3. The summed E-state index contributed by atoms with van der Waals surface area (Å²) in [7, 11) is 0. The van der Waals surface area contributed by atoms with Crippen molar-refractivity contribution < 1.29 is 9.47 Å². The highest BCUT2D eigenvalue weighted by atomic mass is 16.5. The predicted molar refractivity (Wildman–Crippen MR) is 236 cm³/mol. The zero-order valence-electron chi connectivity index (χ0n) is 30.8. The fourth-order valence-electron chi connectivity index (χ4n) is 9.23. The van der Waals surface area contributed by atoms with Crippen molar-refractivity contribution >= 4 is 72.7 Å². The van der Waals surface area contributed by atoms with Gasteiger partial charge in [-0.15, -0.1) is 0 Å². The summed E-state index contributed by atoms with van der Waals surface area (Å²) in [5, 5.41) is 4.79. The Hall–Kier alpha value is -7.50. The van der Waals surface area contributed by atoms with Crippen LogP contribution >= 0.6 is 0 Å². The molecule has 9 aromatic carbocycles. The SMILES string of the molecule is c1ccc(-c2cc3c4c(c2)Oc2ccc5ccccc5c2B4c2ccc(N(c4ccccc4)c4cccc5c6ccccc6n(-c6ccccc6)c45)cc2O3)cc1. The largest absolute Gasteiger partial charge is 0.458 e. The number of aromatic nitrogens is 1. The van der Waals surface area contributed by atoms with E-state index in [1.54, 1.807) is 0 Å². The number of nitrogens with zero attached hydrogens (tertiary/aromatic N) is 2. The molecule has 10 aromatic rings. The standard InChI is InChI=1S/C52H33BN2O2/c1-4-15-34(16-5-1)36-31-48-51-49(32-36)57-47-33-39(28-29-43(47)53(51)50-40-22-11-10-17-35(40)27-30-46(50)56-48)54(37-18-6-2-7-19-37)45-26-14-24-42-41-23-12-13-25-44(41)55(52(42)45)38-20-8-3-9-21-38/h1-33H. The molecule has 0 N–H and O–H groups in total. The molecule has 0 saturated carbocycles. The molecular weight excluding hydrogens is 695 g/mol. The van der Waals surface area contributed by atoms with E-state index in [1.807, 2.05) is 6.07 Å². The summed E-state index contributed by atoms with van der Waals surface area (Å²) in [6, 6.07) is 71.2. The Kier molecular flexibility index (Phi) is 6.99. The van der Waals surface area contributed by atoms with Crippen molar-refractivity contribution in [2.75, 3.05) is 4.90 Å². The van der Waals surface area contributed by atoms with Crippen molar-refractivity contribution in [1.82, 2.24) is 4.57 Å². The van der Waals surface area contributed by atoms with Crippen LogP contribution in [-0.4, -0.2) is 11.3 Å². The highest BCUT2D eigenvalue weighted by Crippen LogP contribution is 2.45. The number of rotatable bonds is 5. The Labute approximate surface area is 330 Å². The molecule has 0 atom stereocenters. The van der Waals surface area contributed by atoms with Gasteiger partial charge in [-0.3, -0.25) is 0 Å². The lowest BCUT2D eigenvalue weighted by molar-refractivity contribution is 0.465. The monoisotopic (exact) mass is 728 g/mol. The second kappa shape index (κ2) is 12.5. The molecule has 4 nitrogen and oxygen atoms in total. The van der Waals surface area contributed by atoms with Gasteiger partial charge in [-0.25, -0.2) is 0 Å². The van der Waals surface area contributed by atoms with Gasteiger partial charge in [0.15, 0.2) is 0 Å². The van der Waals surface area contributed by atoms with E-state index in [9.17, 15) is 0 Å². The minimum absolute atomic E-state index is 0.0818. The molecule has 3 heterocycles. The van der Waals surface area contributed by atoms with Crippen molar-refractivity contribution in [2.45, 2.75) is 0 Å². The van der Waals surface area contributed by atoms with Gasteiger partial charge in [0.25, 0.3) is 6.71 Å². The third-order valence-corrected chi connectivity index (χ3v) is 11.7. The molecule has 0 radical (unpaired) electrons. The predicted octanol–water partition coefficient (Wildman–Crippen LogP) is 11.8. The maximum absolute atomic E-state index is 7.09. The van der Waals surface area contributed by atoms with Crippen LogP contribution in [0.1, 0.15) is 0 Å². The summed E-state index contributed by atoms with van der Waals surface area (Å²) in [4.78, 5) is 2.37. The molecule has 0 aliphatic carbocycles. The molecule has 0 unspecified atom stereocenters. The molecule has 0 spiro atoms. The summed E-state index contributed by atoms with van der Waals surface area (Å²) in [5.41, 5.74) is 12.1. The minimum Gasteiger partial charge on any atom is -0.458 e. The number of para-hydroxylation sites is 4. The average molecular weight is 729 g/mol. The Balaban J connectivity index is 1.11. The minimum atomic E-state index is -0.0818. The molecule has 57 heavy (non-hydrogen) atoms. The van der Waals surface area contributed by atoms with E-state index in [4.69, 9.17) is 9.47 Å². The maximum atomic E-state index is 7.09. The van der Waals surface area contributed by atoms with E-state index in [2.05, 4.69) is 204 Å². The average Bonchev–Trinajstić information content (AvgIpc) is 3.62. The van der Waals surface area contributed by atoms with E-state index >= 15 is 0 Å². The number of hydrogen-bond acceptors (Lipinski definition) is 3. The van der Waals surface area contributed by atoms with E-state index in [1.165, 1.54) is 32.5 Å². The van der Waals surface area contributed by atoms with Crippen LogP contribution < -0.4 is 30.8 Å². The van der Waals surface area contributed by atoms with Gasteiger partial charge in [-0.05, 0) is 93.5 Å². The van der Waals surface area contributed by atoms with Gasteiger partial charge in [0.05, 0.1) is 16.7 Å². The van der Waals surface area contributed by atoms with Gasteiger partial charge < -0.3 is 18.9 Å². The summed E-state index contributed by atoms with van der Waals surface area (Å²) in [6.07, 6.45) is 0. The van der Waals surface area contributed by atoms with Gasteiger partial charge in [0.2, 0.25) is 0 Å². The normalized spacial score (nSPS) is 12.5. The van der Waals surface area contributed by atoms with E-state index in [-0.39, 0.29) is 6.71 Å². The number of hydrogen-bond donors (Lipinski definition) is 0. The lowest BCUT2D eigenvalue weighted by Gasteiger charge is -2.35. The molecule has 12 rings (SSSR count). The van der Waals surface area contributed by atoms with Crippen molar-refractivity contribution in [3.63, 3.8) is 0 Å². The van der Waals surface area contributed by atoms with Crippen LogP contribution in [0.5, 0.6) is 23.0 Å². The first-order valence-corrected chi connectivity index (χ1v) is 19.5. The fourth-order valence-corrected chi connectivity index (χ4v) is 9.23. The van der Waals surface area contributed by atoms with Crippen LogP contribution in [0.3, 0.4) is 0 Å². The zero-order chi connectivity index (χ0) is 37.5. The zero-order valence-corrected chi connectivity index (χ0v) is 30.8. The van der Waals surface area contributed by atoms with Crippen molar-refractivity contribution in [3.8, 4) is 39.8 Å². The maximum Gasteiger partial charge on any atom is 0.261 e. The van der Waals surface area contributed by atoms with Crippen molar-refractivity contribution in [1.29, 1.82) is 0 Å². The smallest absolute Gasteiger partial charge is 0.261 e. The summed E-state index contributed by atoms with van der Waals surface area (Å²) in [5.74, 6) is 3.36. The molecule has 0 amide bonds. The Morgan fingerprint density at radius 2 is 1.09 bits per heavy atom. The molecular formula is C52H33BN2O2. The summed E-state index contributed by atoms with van der Waals surface area (Å²) < 4.78 is 16.3. The van der Waals surface area contributed by atoms with Crippen LogP contribution in [0.15, 0.2) is 200 Å². The van der Waals surface area contributed by atoms with Gasteiger partial charge in [0, 0.05) is 39.4 Å².